The summed E-state index contributed by atoms with van der Waals surface area (Å²) in [6, 6.07) is 0. The third-order valence-electron chi connectivity index (χ3n) is 4.56. The van der Waals surface area contributed by atoms with Crippen LogP contribution < -0.4 is 0 Å². The van der Waals surface area contributed by atoms with Gasteiger partial charge in [-0.2, -0.15) is 0 Å². The molecule has 0 radical (unpaired) electrons. The minimum absolute atomic E-state index is 0.0336. The molecule has 0 aromatic carbocycles. The highest BCUT2D eigenvalue weighted by molar-refractivity contribution is 7.90. The van der Waals surface area contributed by atoms with Crippen LogP contribution in [-0.2, 0) is 15.6 Å². The van der Waals surface area contributed by atoms with Crippen LogP contribution in [0.4, 0.5) is 0 Å². The van der Waals surface area contributed by atoms with E-state index in [2.05, 4.69) is 11.9 Å². The lowest BCUT2D eigenvalue weighted by Crippen LogP contribution is -2.40. The molecule has 2 saturated carbocycles. The van der Waals surface area contributed by atoms with E-state index in [4.69, 9.17) is 0 Å². The average molecular weight is 329 g/mol. The molecule has 1 aromatic rings. The lowest BCUT2D eigenvalue weighted by atomic mass is 9.81. The predicted molar refractivity (Wildman–Crippen MR) is 84.2 cm³/mol. The maximum absolute atomic E-state index is 12.4. The summed E-state index contributed by atoms with van der Waals surface area (Å²) in [5, 5.41) is 13.4. The summed E-state index contributed by atoms with van der Waals surface area (Å²) in [5.74, 6) is 1.000. The first-order valence-electron chi connectivity index (χ1n) is 7.72. The maximum atomic E-state index is 12.4. The third-order valence-corrected chi connectivity index (χ3v) is 7.33. The zero-order valence-corrected chi connectivity index (χ0v) is 14.0. The molecule has 118 valence electrons. The van der Waals surface area contributed by atoms with Gasteiger partial charge in [0.15, 0.2) is 9.84 Å². The lowest BCUT2D eigenvalue weighted by Gasteiger charge is -2.34. The molecule has 2 aliphatic carbocycles. The van der Waals surface area contributed by atoms with Crippen LogP contribution in [0.5, 0.6) is 0 Å². The van der Waals surface area contributed by atoms with E-state index >= 15 is 0 Å². The zero-order chi connectivity index (χ0) is 15.1. The molecule has 0 bridgehead atoms. The van der Waals surface area contributed by atoms with Crippen molar-refractivity contribution in [3.63, 3.8) is 0 Å². The summed E-state index contributed by atoms with van der Waals surface area (Å²) in [4.78, 5) is 4.44. The van der Waals surface area contributed by atoms with Gasteiger partial charge in [-0.15, -0.1) is 11.3 Å². The quantitative estimate of drug-likeness (QED) is 0.902. The van der Waals surface area contributed by atoms with E-state index in [1.165, 1.54) is 12.8 Å². The highest BCUT2D eigenvalue weighted by Crippen LogP contribution is 2.41. The molecule has 1 N–H and O–H groups in total. The van der Waals surface area contributed by atoms with Gasteiger partial charge in [0.05, 0.1) is 27.8 Å². The Morgan fingerprint density at radius 1 is 1.33 bits per heavy atom. The van der Waals surface area contributed by atoms with Gasteiger partial charge in [-0.3, -0.25) is 0 Å². The first-order chi connectivity index (χ1) is 9.85. The second-order valence-corrected chi connectivity index (χ2v) is 9.84. The first-order valence-corrected chi connectivity index (χ1v) is 10.4. The van der Waals surface area contributed by atoms with Crippen molar-refractivity contribution < 1.29 is 13.5 Å². The number of hydrogen-bond acceptors (Lipinski definition) is 5. The Bertz CT molecular complexity index is 596. The van der Waals surface area contributed by atoms with Crippen LogP contribution in [0.1, 0.15) is 62.1 Å². The predicted octanol–water partition coefficient (Wildman–Crippen LogP) is 2.88. The van der Waals surface area contributed by atoms with E-state index in [0.717, 1.165) is 17.8 Å². The number of rotatable bonds is 5. The van der Waals surface area contributed by atoms with Crippen molar-refractivity contribution in [1.82, 2.24) is 4.98 Å². The van der Waals surface area contributed by atoms with Gasteiger partial charge in [-0.1, -0.05) is 6.92 Å². The fourth-order valence-corrected chi connectivity index (χ4v) is 5.94. The Labute approximate surface area is 130 Å². The third kappa shape index (κ3) is 4.05. The standard InChI is InChI=1S/C15H23NO3S2/c1-11-4-6-15(17,7-5-11)10-21(18,19)9-13-8-20-14(16-13)12-2-3-12/h8,11-12,17H,2-7,9-10H2,1H3. The van der Waals surface area contributed by atoms with Crippen molar-refractivity contribution >= 4 is 21.2 Å². The zero-order valence-electron chi connectivity index (χ0n) is 12.4. The second kappa shape index (κ2) is 5.63. The molecule has 0 amide bonds. The van der Waals surface area contributed by atoms with E-state index in [1.54, 1.807) is 11.3 Å². The number of nitrogens with zero attached hydrogens (tertiary/aromatic N) is 1. The molecule has 3 rings (SSSR count). The van der Waals surface area contributed by atoms with Crippen LogP contribution in [0.25, 0.3) is 0 Å². The minimum atomic E-state index is -3.31. The number of aromatic nitrogens is 1. The Kier molecular flexibility index (Phi) is 4.14. The van der Waals surface area contributed by atoms with Crippen LogP contribution in [0.2, 0.25) is 0 Å². The van der Waals surface area contributed by atoms with Crippen LogP contribution >= 0.6 is 11.3 Å². The SMILES string of the molecule is CC1CCC(O)(CS(=O)(=O)Cc2csc(C3CC3)n2)CC1. The van der Waals surface area contributed by atoms with Gasteiger partial charge in [0, 0.05) is 11.3 Å². The molecule has 0 unspecified atom stereocenters. The smallest absolute Gasteiger partial charge is 0.158 e. The topological polar surface area (TPSA) is 67.3 Å². The molecule has 2 fully saturated rings. The van der Waals surface area contributed by atoms with Crippen LogP contribution in [0.15, 0.2) is 5.38 Å². The monoisotopic (exact) mass is 329 g/mol. The largest absolute Gasteiger partial charge is 0.389 e. The number of sulfone groups is 1. The van der Waals surface area contributed by atoms with Crippen molar-refractivity contribution in [2.75, 3.05) is 5.75 Å². The highest BCUT2D eigenvalue weighted by atomic mass is 32.2. The van der Waals surface area contributed by atoms with Crippen molar-refractivity contribution in [3.8, 4) is 0 Å². The molecule has 1 heterocycles. The van der Waals surface area contributed by atoms with E-state index < -0.39 is 15.4 Å². The summed E-state index contributed by atoms with van der Waals surface area (Å²) in [6.07, 6.45) is 5.37. The van der Waals surface area contributed by atoms with Gasteiger partial charge in [0.2, 0.25) is 0 Å². The number of aliphatic hydroxyl groups is 1. The Hall–Kier alpha value is -0.460. The van der Waals surface area contributed by atoms with Gasteiger partial charge in [-0.25, -0.2) is 13.4 Å². The molecule has 0 aliphatic heterocycles. The van der Waals surface area contributed by atoms with E-state index in [-0.39, 0.29) is 11.5 Å². The Morgan fingerprint density at radius 2 is 2.00 bits per heavy atom. The lowest BCUT2D eigenvalue weighted by molar-refractivity contribution is 0.0135. The second-order valence-electron chi connectivity index (χ2n) is 6.89. The summed E-state index contributed by atoms with van der Waals surface area (Å²) >= 11 is 1.57. The summed E-state index contributed by atoms with van der Waals surface area (Å²) in [5.41, 5.74) is -0.379. The molecule has 1 aromatic heterocycles. The molecule has 0 saturated heterocycles. The van der Waals surface area contributed by atoms with Crippen molar-refractivity contribution in [1.29, 1.82) is 0 Å². The van der Waals surface area contributed by atoms with Crippen molar-refractivity contribution in [2.45, 2.75) is 62.7 Å². The average Bonchev–Trinajstić information content (AvgIpc) is 3.14. The minimum Gasteiger partial charge on any atom is -0.389 e. The fourth-order valence-electron chi connectivity index (χ4n) is 3.04. The van der Waals surface area contributed by atoms with Crippen LogP contribution in [-0.4, -0.2) is 29.9 Å². The van der Waals surface area contributed by atoms with E-state index in [9.17, 15) is 13.5 Å². The fraction of sp³-hybridized carbons (Fsp3) is 0.800. The van der Waals surface area contributed by atoms with Gasteiger partial charge in [-0.05, 0) is 44.4 Å². The molecular weight excluding hydrogens is 306 g/mol. The Balaban J connectivity index is 1.62. The normalized spacial score (nSPS) is 30.5. The van der Waals surface area contributed by atoms with Crippen molar-refractivity contribution in [2.24, 2.45) is 5.92 Å². The summed E-state index contributed by atoms with van der Waals surface area (Å²) in [6.45, 7) is 2.16. The number of hydrogen-bond donors (Lipinski definition) is 1. The molecule has 2 aliphatic rings. The first kappa shape index (κ1) is 15.4. The molecule has 0 atom stereocenters. The van der Waals surface area contributed by atoms with Crippen LogP contribution in [0, 0.1) is 5.92 Å². The highest BCUT2D eigenvalue weighted by Gasteiger charge is 2.36. The molecule has 21 heavy (non-hydrogen) atoms. The maximum Gasteiger partial charge on any atom is 0.158 e. The van der Waals surface area contributed by atoms with Gasteiger partial charge in [0.1, 0.15) is 0 Å². The molecule has 6 heteroatoms. The van der Waals surface area contributed by atoms with Gasteiger partial charge >= 0.3 is 0 Å². The number of thiazole rings is 1. The van der Waals surface area contributed by atoms with E-state index in [1.807, 2.05) is 5.38 Å². The Morgan fingerprint density at radius 3 is 2.62 bits per heavy atom. The van der Waals surface area contributed by atoms with E-state index in [0.29, 0.717) is 30.4 Å². The molecule has 4 nitrogen and oxygen atoms in total. The van der Waals surface area contributed by atoms with Crippen molar-refractivity contribution in [3.05, 3.63) is 16.1 Å². The molecule has 0 spiro atoms. The summed E-state index contributed by atoms with van der Waals surface area (Å²) in [7, 11) is -3.31. The van der Waals surface area contributed by atoms with Gasteiger partial charge < -0.3 is 5.11 Å². The molecular formula is C15H23NO3S2. The van der Waals surface area contributed by atoms with Gasteiger partial charge in [0.25, 0.3) is 0 Å². The van der Waals surface area contributed by atoms with Crippen LogP contribution in [0.3, 0.4) is 0 Å². The summed E-state index contributed by atoms with van der Waals surface area (Å²) < 4.78 is 24.7.